The molecule has 0 aromatic heterocycles. The number of hydrogen-bond donors (Lipinski definition) is 2. The number of carbonyl (C=O) groups excluding carboxylic acids is 1. The van der Waals surface area contributed by atoms with Gasteiger partial charge < -0.3 is 15.8 Å². The van der Waals surface area contributed by atoms with Gasteiger partial charge in [0, 0.05) is 6.61 Å². The predicted octanol–water partition coefficient (Wildman–Crippen LogP) is 1.44. The van der Waals surface area contributed by atoms with Crippen LogP contribution in [0.2, 0.25) is 0 Å². The fourth-order valence-corrected chi connectivity index (χ4v) is 2.38. The highest BCUT2D eigenvalue weighted by Gasteiger charge is 2.30. The third-order valence-electron chi connectivity index (χ3n) is 3.58. The first kappa shape index (κ1) is 14.5. The number of nitrogens with one attached hydrogen (secondary N) is 1. The second-order valence-corrected chi connectivity index (χ2v) is 5.25. The molecule has 1 saturated carbocycles. The Morgan fingerprint density at radius 3 is 2.59 bits per heavy atom. The molecule has 1 unspecified atom stereocenters. The Hall–Kier alpha value is -0.610. The molecule has 0 aliphatic heterocycles. The summed E-state index contributed by atoms with van der Waals surface area (Å²) in [6.45, 7) is 5.61. The van der Waals surface area contributed by atoms with E-state index in [4.69, 9.17) is 10.5 Å². The molecule has 1 atom stereocenters. The van der Waals surface area contributed by atoms with Crippen molar-refractivity contribution in [2.24, 2.45) is 11.7 Å². The number of rotatable bonds is 7. The van der Waals surface area contributed by atoms with E-state index in [-0.39, 0.29) is 5.91 Å². The molecule has 4 heteroatoms. The van der Waals surface area contributed by atoms with Crippen LogP contribution in [0.15, 0.2) is 0 Å². The first-order valence-electron chi connectivity index (χ1n) is 6.71. The molecule has 0 saturated heterocycles. The van der Waals surface area contributed by atoms with Crippen molar-refractivity contribution >= 4 is 5.91 Å². The molecule has 0 radical (unpaired) electrons. The summed E-state index contributed by atoms with van der Waals surface area (Å²) in [5.74, 6) is 0.325. The van der Waals surface area contributed by atoms with Crippen LogP contribution in [0.3, 0.4) is 0 Å². The summed E-state index contributed by atoms with van der Waals surface area (Å²) in [7, 11) is 0. The van der Waals surface area contributed by atoms with Gasteiger partial charge in [-0.15, -0.1) is 0 Å². The van der Waals surface area contributed by atoms with E-state index < -0.39 is 5.54 Å². The van der Waals surface area contributed by atoms with Gasteiger partial charge in [-0.2, -0.15) is 0 Å². The normalized spacial score (nSPS) is 21.1. The smallest absolute Gasteiger partial charge is 0.239 e. The van der Waals surface area contributed by atoms with E-state index in [1.54, 1.807) is 6.92 Å². The number of nitrogens with two attached hydrogens (primary N) is 1. The Bertz CT molecular complexity index is 240. The number of ether oxygens (including phenoxy) is 1. The van der Waals surface area contributed by atoms with E-state index in [1.165, 1.54) is 32.1 Å². The van der Waals surface area contributed by atoms with E-state index in [1.807, 2.05) is 6.92 Å². The van der Waals surface area contributed by atoms with Gasteiger partial charge in [0.2, 0.25) is 5.91 Å². The second-order valence-electron chi connectivity index (χ2n) is 5.25. The largest absolute Gasteiger partial charge is 0.379 e. The van der Waals surface area contributed by atoms with Gasteiger partial charge in [0.15, 0.2) is 0 Å². The van der Waals surface area contributed by atoms with Crippen LogP contribution >= 0.6 is 0 Å². The number of amides is 1. The highest BCUT2D eigenvalue weighted by atomic mass is 16.5. The third-order valence-corrected chi connectivity index (χ3v) is 3.58. The molecule has 1 fully saturated rings. The summed E-state index contributed by atoms with van der Waals surface area (Å²) in [4.78, 5) is 11.4. The Morgan fingerprint density at radius 2 is 2.06 bits per heavy atom. The SMILES string of the molecule is CCNC(C)(COCC1CCCCC1)C(N)=O. The van der Waals surface area contributed by atoms with Crippen LogP contribution in [-0.4, -0.2) is 31.2 Å². The van der Waals surface area contributed by atoms with Crippen LogP contribution in [0.1, 0.15) is 46.0 Å². The minimum Gasteiger partial charge on any atom is -0.379 e. The zero-order valence-corrected chi connectivity index (χ0v) is 11.1. The van der Waals surface area contributed by atoms with E-state index in [2.05, 4.69) is 5.32 Å². The first-order chi connectivity index (χ1) is 8.08. The van der Waals surface area contributed by atoms with Crippen molar-refractivity contribution in [2.45, 2.75) is 51.5 Å². The topological polar surface area (TPSA) is 64.3 Å². The van der Waals surface area contributed by atoms with Crippen LogP contribution < -0.4 is 11.1 Å². The fourth-order valence-electron chi connectivity index (χ4n) is 2.38. The summed E-state index contributed by atoms with van der Waals surface area (Å²) in [5.41, 5.74) is 4.66. The minimum absolute atomic E-state index is 0.344. The average Bonchev–Trinajstić information content (AvgIpc) is 2.30. The van der Waals surface area contributed by atoms with Gasteiger partial charge >= 0.3 is 0 Å². The lowest BCUT2D eigenvalue weighted by Gasteiger charge is -2.28. The van der Waals surface area contributed by atoms with Gasteiger partial charge in [-0.25, -0.2) is 0 Å². The molecular weight excluding hydrogens is 216 g/mol. The van der Waals surface area contributed by atoms with Crippen molar-refractivity contribution in [3.05, 3.63) is 0 Å². The van der Waals surface area contributed by atoms with Crippen LogP contribution in [0.25, 0.3) is 0 Å². The molecule has 17 heavy (non-hydrogen) atoms. The van der Waals surface area contributed by atoms with Gasteiger partial charge in [0.05, 0.1) is 6.61 Å². The molecule has 1 amide bonds. The first-order valence-corrected chi connectivity index (χ1v) is 6.71. The quantitative estimate of drug-likeness (QED) is 0.710. The summed E-state index contributed by atoms with van der Waals surface area (Å²) in [6, 6.07) is 0. The Morgan fingerprint density at radius 1 is 1.41 bits per heavy atom. The van der Waals surface area contributed by atoms with Crippen LogP contribution in [0.4, 0.5) is 0 Å². The monoisotopic (exact) mass is 242 g/mol. The lowest BCUT2D eigenvalue weighted by molar-refractivity contribution is -0.126. The third kappa shape index (κ3) is 4.64. The maximum Gasteiger partial charge on any atom is 0.239 e. The van der Waals surface area contributed by atoms with Gasteiger partial charge in [-0.05, 0) is 32.2 Å². The molecular formula is C13H26N2O2. The maximum absolute atomic E-state index is 11.4. The van der Waals surface area contributed by atoms with Crippen LogP contribution in [0.5, 0.6) is 0 Å². The molecule has 0 aromatic rings. The second kappa shape index (κ2) is 6.97. The lowest BCUT2D eigenvalue weighted by atomic mass is 9.90. The van der Waals surface area contributed by atoms with Gasteiger partial charge in [0.25, 0.3) is 0 Å². The summed E-state index contributed by atoms with van der Waals surface area (Å²) < 4.78 is 5.69. The molecule has 100 valence electrons. The fraction of sp³-hybridized carbons (Fsp3) is 0.923. The molecule has 0 spiro atoms. The minimum atomic E-state index is -0.733. The summed E-state index contributed by atoms with van der Waals surface area (Å²) in [5, 5.41) is 3.10. The Labute approximate surface area is 104 Å². The van der Waals surface area contributed by atoms with Crippen molar-refractivity contribution in [1.29, 1.82) is 0 Å². The molecule has 3 N–H and O–H groups in total. The van der Waals surface area contributed by atoms with E-state index >= 15 is 0 Å². The highest BCUT2D eigenvalue weighted by Crippen LogP contribution is 2.23. The van der Waals surface area contributed by atoms with E-state index in [0.29, 0.717) is 19.1 Å². The molecule has 1 aliphatic carbocycles. The standard InChI is InChI=1S/C13H26N2O2/c1-3-15-13(2,12(14)16)10-17-9-11-7-5-4-6-8-11/h11,15H,3-10H2,1-2H3,(H2,14,16). The molecule has 1 rings (SSSR count). The molecule has 1 aliphatic rings. The van der Waals surface area contributed by atoms with Gasteiger partial charge in [-0.1, -0.05) is 26.2 Å². The predicted molar refractivity (Wildman–Crippen MR) is 68.7 cm³/mol. The van der Waals surface area contributed by atoms with Crippen LogP contribution in [-0.2, 0) is 9.53 Å². The van der Waals surface area contributed by atoms with Gasteiger partial charge in [-0.3, -0.25) is 4.79 Å². The van der Waals surface area contributed by atoms with Crippen LogP contribution in [0, 0.1) is 5.92 Å². The van der Waals surface area contributed by atoms with Crippen molar-refractivity contribution in [2.75, 3.05) is 19.8 Å². The van der Waals surface area contributed by atoms with Gasteiger partial charge in [0.1, 0.15) is 5.54 Å². The zero-order chi connectivity index (χ0) is 12.7. The summed E-state index contributed by atoms with van der Waals surface area (Å²) in [6.07, 6.45) is 6.50. The number of primary amides is 1. The molecule has 0 bridgehead atoms. The number of carbonyl (C=O) groups is 1. The number of likely N-dealkylation sites (N-methyl/N-ethyl adjacent to an activating group) is 1. The van der Waals surface area contributed by atoms with E-state index in [0.717, 1.165) is 6.61 Å². The lowest BCUT2D eigenvalue weighted by Crippen LogP contribution is -2.56. The summed E-state index contributed by atoms with van der Waals surface area (Å²) >= 11 is 0. The average molecular weight is 242 g/mol. The van der Waals surface area contributed by atoms with Crippen molar-refractivity contribution in [3.8, 4) is 0 Å². The highest BCUT2D eigenvalue weighted by molar-refractivity contribution is 5.84. The Kier molecular flexibility index (Phi) is 5.92. The van der Waals surface area contributed by atoms with Crippen molar-refractivity contribution < 1.29 is 9.53 Å². The zero-order valence-electron chi connectivity index (χ0n) is 11.1. The van der Waals surface area contributed by atoms with E-state index in [9.17, 15) is 4.79 Å². The Balaban J connectivity index is 2.28. The maximum atomic E-state index is 11.4. The number of hydrogen-bond acceptors (Lipinski definition) is 3. The molecule has 0 heterocycles. The molecule has 0 aromatic carbocycles. The van der Waals surface area contributed by atoms with Crippen molar-refractivity contribution in [1.82, 2.24) is 5.32 Å². The molecule has 4 nitrogen and oxygen atoms in total. The van der Waals surface area contributed by atoms with Crippen molar-refractivity contribution in [3.63, 3.8) is 0 Å².